The molecule has 1 aromatic rings. The van der Waals surface area contributed by atoms with E-state index in [1.165, 1.54) is 17.5 Å². The summed E-state index contributed by atoms with van der Waals surface area (Å²) in [5.41, 5.74) is 16.1. The summed E-state index contributed by atoms with van der Waals surface area (Å²) in [5.74, 6) is 0.903. The Morgan fingerprint density at radius 3 is 2.44 bits per heavy atom. The van der Waals surface area contributed by atoms with Gasteiger partial charge in [-0.15, -0.1) is 0 Å². The van der Waals surface area contributed by atoms with Crippen molar-refractivity contribution in [3.8, 4) is 5.75 Å². The van der Waals surface area contributed by atoms with Gasteiger partial charge in [0.2, 0.25) is 0 Å². The van der Waals surface area contributed by atoms with Gasteiger partial charge in [0.05, 0.1) is 7.11 Å². The second-order valence-corrected chi connectivity index (χ2v) is 5.60. The van der Waals surface area contributed by atoms with E-state index in [0.29, 0.717) is 6.54 Å². The summed E-state index contributed by atoms with van der Waals surface area (Å²) in [4.78, 5) is 0. The van der Waals surface area contributed by atoms with Crippen LogP contribution in [0.1, 0.15) is 42.0 Å². The van der Waals surface area contributed by atoms with E-state index in [1.807, 2.05) is 0 Å². The van der Waals surface area contributed by atoms with Crippen molar-refractivity contribution in [3.63, 3.8) is 0 Å². The monoisotopic (exact) mass is 248 g/mol. The second-order valence-electron chi connectivity index (χ2n) is 5.60. The molecule has 0 radical (unpaired) electrons. The van der Waals surface area contributed by atoms with Crippen LogP contribution in [0.25, 0.3) is 0 Å². The number of methoxy groups -OCH3 is 1. The first kappa shape index (κ1) is 13.4. The number of aryl methyl sites for hydroxylation is 2. The molecule has 1 atom stereocenters. The lowest BCUT2D eigenvalue weighted by molar-refractivity contribution is 0.103. The minimum atomic E-state index is -0.0215. The van der Waals surface area contributed by atoms with Crippen LogP contribution < -0.4 is 16.2 Å². The summed E-state index contributed by atoms with van der Waals surface area (Å²) in [5, 5.41) is 0. The van der Waals surface area contributed by atoms with Crippen LogP contribution in [0.3, 0.4) is 0 Å². The minimum absolute atomic E-state index is 0.0215. The molecular weight excluding hydrogens is 224 g/mol. The summed E-state index contributed by atoms with van der Waals surface area (Å²) in [6.07, 6.45) is 3.49. The molecule has 0 amide bonds. The zero-order chi connectivity index (χ0) is 13.3. The van der Waals surface area contributed by atoms with Gasteiger partial charge in [0.25, 0.3) is 0 Å². The Morgan fingerprint density at radius 1 is 1.33 bits per heavy atom. The maximum atomic E-state index is 6.51. The fourth-order valence-corrected chi connectivity index (χ4v) is 3.09. The highest BCUT2D eigenvalue weighted by Gasteiger charge is 2.43. The molecule has 2 rings (SSSR count). The molecule has 1 fully saturated rings. The molecular formula is C15H24N2O. The quantitative estimate of drug-likeness (QED) is 0.860. The topological polar surface area (TPSA) is 61.3 Å². The maximum absolute atomic E-state index is 6.51. The average Bonchev–Trinajstić information content (AvgIpc) is 2.26. The van der Waals surface area contributed by atoms with Crippen LogP contribution in [0.2, 0.25) is 0 Å². The van der Waals surface area contributed by atoms with Gasteiger partial charge in [0.15, 0.2) is 0 Å². The van der Waals surface area contributed by atoms with Gasteiger partial charge < -0.3 is 16.2 Å². The average molecular weight is 248 g/mol. The lowest BCUT2D eigenvalue weighted by Crippen LogP contribution is -2.46. The minimum Gasteiger partial charge on any atom is -0.496 e. The van der Waals surface area contributed by atoms with Gasteiger partial charge in [-0.25, -0.2) is 0 Å². The van der Waals surface area contributed by atoms with Gasteiger partial charge in [0, 0.05) is 17.0 Å². The number of hydrogen-bond acceptors (Lipinski definition) is 3. The van der Waals surface area contributed by atoms with E-state index < -0.39 is 0 Å². The summed E-state index contributed by atoms with van der Waals surface area (Å²) >= 11 is 0. The van der Waals surface area contributed by atoms with Crippen LogP contribution in [0.4, 0.5) is 0 Å². The van der Waals surface area contributed by atoms with Crippen molar-refractivity contribution in [2.75, 3.05) is 13.7 Å². The molecule has 100 valence electrons. The van der Waals surface area contributed by atoms with Crippen molar-refractivity contribution in [1.29, 1.82) is 0 Å². The standard InChI is InChI=1S/C15H24N2O/c1-10-7-11(2)13(12(8-10)18-3)14(17)15(9-16)5-4-6-15/h7-8,14H,4-6,9,16-17H2,1-3H3. The Balaban J connectivity index is 2.43. The van der Waals surface area contributed by atoms with Crippen molar-refractivity contribution in [1.82, 2.24) is 0 Å². The number of benzene rings is 1. The smallest absolute Gasteiger partial charge is 0.124 e. The molecule has 0 saturated heterocycles. The van der Waals surface area contributed by atoms with Gasteiger partial charge in [-0.1, -0.05) is 12.5 Å². The number of nitrogens with two attached hydrogens (primary N) is 2. The van der Waals surface area contributed by atoms with Crippen molar-refractivity contribution in [3.05, 3.63) is 28.8 Å². The highest BCUT2D eigenvalue weighted by Crippen LogP contribution is 2.50. The Labute approximate surface area is 110 Å². The van der Waals surface area contributed by atoms with Gasteiger partial charge in [-0.05, 0) is 50.4 Å². The molecule has 18 heavy (non-hydrogen) atoms. The van der Waals surface area contributed by atoms with Gasteiger partial charge >= 0.3 is 0 Å². The number of rotatable bonds is 4. The fraction of sp³-hybridized carbons (Fsp3) is 0.600. The van der Waals surface area contributed by atoms with Crippen molar-refractivity contribution >= 4 is 0 Å². The van der Waals surface area contributed by atoms with Crippen LogP contribution in [-0.2, 0) is 0 Å². The van der Waals surface area contributed by atoms with Crippen molar-refractivity contribution in [2.45, 2.75) is 39.2 Å². The number of ether oxygens (including phenoxy) is 1. The third-order valence-corrected chi connectivity index (χ3v) is 4.44. The fourth-order valence-electron chi connectivity index (χ4n) is 3.09. The molecule has 1 unspecified atom stereocenters. The maximum Gasteiger partial charge on any atom is 0.124 e. The summed E-state index contributed by atoms with van der Waals surface area (Å²) < 4.78 is 5.52. The third-order valence-electron chi connectivity index (χ3n) is 4.44. The van der Waals surface area contributed by atoms with E-state index in [-0.39, 0.29) is 11.5 Å². The Hall–Kier alpha value is -1.06. The first-order chi connectivity index (χ1) is 8.54. The zero-order valence-electron chi connectivity index (χ0n) is 11.6. The van der Waals surface area contributed by atoms with Gasteiger partial charge in [0.1, 0.15) is 5.75 Å². The SMILES string of the molecule is COc1cc(C)cc(C)c1C(N)C1(CN)CCC1. The van der Waals surface area contributed by atoms with E-state index in [1.54, 1.807) is 7.11 Å². The molecule has 1 aliphatic rings. The van der Waals surface area contributed by atoms with Crippen LogP contribution in [-0.4, -0.2) is 13.7 Å². The molecule has 4 N–H and O–H groups in total. The van der Waals surface area contributed by atoms with Crippen LogP contribution in [0, 0.1) is 19.3 Å². The predicted octanol–water partition coefficient (Wildman–Crippen LogP) is 2.44. The van der Waals surface area contributed by atoms with Crippen molar-refractivity contribution < 1.29 is 4.74 Å². The molecule has 0 spiro atoms. The van der Waals surface area contributed by atoms with Crippen LogP contribution in [0.5, 0.6) is 5.75 Å². The van der Waals surface area contributed by atoms with E-state index in [2.05, 4.69) is 26.0 Å². The first-order valence-corrected chi connectivity index (χ1v) is 6.65. The first-order valence-electron chi connectivity index (χ1n) is 6.65. The lowest BCUT2D eigenvalue weighted by Gasteiger charge is -2.46. The van der Waals surface area contributed by atoms with E-state index >= 15 is 0 Å². The highest BCUT2D eigenvalue weighted by molar-refractivity contribution is 5.46. The van der Waals surface area contributed by atoms with Gasteiger partial charge in [-0.2, -0.15) is 0 Å². The van der Waals surface area contributed by atoms with E-state index in [0.717, 1.165) is 24.2 Å². The zero-order valence-corrected chi connectivity index (χ0v) is 11.6. The molecule has 3 heteroatoms. The van der Waals surface area contributed by atoms with Crippen molar-refractivity contribution in [2.24, 2.45) is 16.9 Å². The Bertz CT molecular complexity index is 433. The normalized spacial score (nSPS) is 19.2. The lowest BCUT2D eigenvalue weighted by atomic mass is 9.62. The molecule has 0 heterocycles. The Kier molecular flexibility index (Phi) is 3.64. The molecule has 0 aliphatic heterocycles. The summed E-state index contributed by atoms with van der Waals surface area (Å²) in [6, 6.07) is 4.21. The molecule has 0 bridgehead atoms. The molecule has 0 aromatic heterocycles. The van der Waals surface area contributed by atoms with E-state index in [9.17, 15) is 0 Å². The number of hydrogen-bond donors (Lipinski definition) is 2. The second kappa shape index (κ2) is 4.90. The molecule has 1 aliphatic carbocycles. The third kappa shape index (κ3) is 2.02. The molecule has 3 nitrogen and oxygen atoms in total. The molecule has 1 aromatic carbocycles. The highest BCUT2D eigenvalue weighted by atomic mass is 16.5. The largest absolute Gasteiger partial charge is 0.496 e. The van der Waals surface area contributed by atoms with Crippen LogP contribution >= 0.6 is 0 Å². The summed E-state index contributed by atoms with van der Waals surface area (Å²) in [7, 11) is 1.71. The summed E-state index contributed by atoms with van der Waals surface area (Å²) in [6.45, 7) is 4.84. The van der Waals surface area contributed by atoms with Crippen LogP contribution in [0.15, 0.2) is 12.1 Å². The molecule has 1 saturated carbocycles. The predicted molar refractivity (Wildman–Crippen MR) is 74.7 cm³/mol. The van der Waals surface area contributed by atoms with E-state index in [4.69, 9.17) is 16.2 Å². The van der Waals surface area contributed by atoms with Gasteiger partial charge in [-0.3, -0.25) is 0 Å². The Morgan fingerprint density at radius 2 is 2.00 bits per heavy atom.